The van der Waals surface area contributed by atoms with Gasteiger partial charge in [0, 0.05) is 27.2 Å². The van der Waals surface area contributed by atoms with Gasteiger partial charge in [-0.3, -0.25) is 9.52 Å². The molecule has 0 atom stereocenters. The van der Waals surface area contributed by atoms with Gasteiger partial charge in [0.25, 0.3) is 10.0 Å². The normalized spacial score (nSPS) is 11.8. The maximum Gasteiger partial charge on any atom is 0.417 e. The molecule has 0 radical (unpaired) electrons. The number of hydrogen-bond acceptors (Lipinski definition) is 4. The van der Waals surface area contributed by atoms with Crippen LogP contribution in [0.2, 0.25) is 15.1 Å². The van der Waals surface area contributed by atoms with Crippen molar-refractivity contribution in [2.24, 2.45) is 0 Å². The quantitative estimate of drug-likeness (QED) is 0.291. The van der Waals surface area contributed by atoms with Crippen molar-refractivity contribution >= 4 is 73.9 Å². The highest BCUT2D eigenvalue weighted by atomic mass is 35.5. The Balaban J connectivity index is 1.60. The molecule has 1 amide bonds. The SMILES string of the molecule is O=C(CSCc1c(Cl)cccc1Cl)Nc1ccc(S(=O)(=O)Nc2ccc(Cl)c(C(F)(F)F)c2)cc1. The van der Waals surface area contributed by atoms with Crippen molar-refractivity contribution in [3.05, 3.63) is 86.9 Å². The molecule has 3 aromatic rings. The lowest BCUT2D eigenvalue weighted by molar-refractivity contribution is -0.137. The molecule has 13 heteroatoms. The standard InChI is InChI=1S/C22H16Cl3F3N2O3S2/c23-18-2-1-3-19(24)16(18)11-34-12-21(31)29-13-4-7-15(8-5-13)35(32,33)30-14-6-9-20(25)17(10-14)22(26,27)28/h1-10,30H,11-12H2,(H,29,31). The highest BCUT2D eigenvalue weighted by Gasteiger charge is 2.33. The van der Waals surface area contributed by atoms with Crippen molar-refractivity contribution in [1.82, 2.24) is 0 Å². The summed E-state index contributed by atoms with van der Waals surface area (Å²) in [6.07, 6.45) is -4.74. The minimum Gasteiger partial charge on any atom is -0.325 e. The van der Waals surface area contributed by atoms with E-state index in [-0.39, 0.29) is 22.2 Å². The van der Waals surface area contributed by atoms with Gasteiger partial charge < -0.3 is 5.32 Å². The second-order valence-electron chi connectivity index (χ2n) is 7.06. The molecule has 0 saturated carbocycles. The van der Waals surface area contributed by atoms with E-state index in [1.165, 1.54) is 36.0 Å². The zero-order chi connectivity index (χ0) is 25.8. The average molecular weight is 584 g/mol. The minimum atomic E-state index is -4.74. The van der Waals surface area contributed by atoms with E-state index in [0.717, 1.165) is 17.7 Å². The number of carbonyl (C=O) groups excluding carboxylic acids is 1. The van der Waals surface area contributed by atoms with Crippen molar-refractivity contribution in [3.8, 4) is 0 Å². The van der Waals surface area contributed by atoms with Crippen LogP contribution in [-0.4, -0.2) is 20.1 Å². The molecule has 0 unspecified atom stereocenters. The van der Waals surface area contributed by atoms with Crippen LogP contribution in [0, 0.1) is 0 Å². The molecule has 0 heterocycles. The molecule has 0 fully saturated rings. The van der Waals surface area contributed by atoms with E-state index in [9.17, 15) is 26.4 Å². The molecule has 5 nitrogen and oxygen atoms in total. The Morgan fingerprint density at radius 1 is 0.886 bits per heavy atom. The first-order chi connectivity index (χ1) is 16.4. The highest BCUT2D eigenvalue weighted by Crippen LogP contribution is 2.36. The third-order valence-corrected chi connectivity index (χ3v) is 7.91. The van der Waals surface area contributed by atoms with Crippen LogP contribution in [0.15, 0.2) is 65.6 Å². The average Bonchev–Trinajstić information content (AvgIpc) is 2.76. The van der Waals surface area contributed by atoms with Gasteiger partial charge in [-0.2, -0.15) is 13.2 Å². The number of hydrogen-bond donors (Lipinski definition) is 2. The summed E-state index contributed by atoms with van der Waals surface area (Å²) in [4.78, 5) is 12.0. The number of thioether (sulfide) groups is 1. The van der Waals surface area contributed by atoms with Gasteiger partial charge in [-0.1, -0.05) is 40.9 Å². The third-order valence-electron chi connectivity index (χ3n) is 4.51. The monoisotopic (exact) mass is 582 g/mol. The van der Waals surface area contributed by atoms with Gasteiger partial charge in [-0.05, 0) is 60.2 Å². The summed E-state index contributed by atoms with van der Waals surface area (Å²) >= 11 is 19.1. The molecule has 0 aliphatic rings. The Labute approximate surface area is 219 Å². The molecule has 3 rings (SSSR count). The van der Waals surface area contributed by atoms with Gasteiger partial charge in [0.05, 0.1) is 21.2 Å². The van der Waals surface area contributed by atoms with Crippen LogP contribution in [0.1, 0.15) is 11.1 Å². The molecule has 0 aromatic heterocycles. The maximum absolute atomic E-state index is 13.0. The topological polar surface area (TPSA) is 75.3 Å². The van der Waals surface area contributed by atoms with Crippen molar-refractivity contribution in [2.45, 2.75) is 16.8 Å². The van der Waals surface area contributed by atoms with Crippen LogP contribution in [-0.2, 0) is 26.7 Å². The lowest BCUT2D eigenvalue weighted by atomic mass is 10.2. The van der Waals surface area contributed by atoms with Crippen LogP contribution < -0.4 is 10.0 Å². The summed E-state index contributed by atoms with van der Waals surface area (Å²) in [6, 6.07) is 13.0. The van der Waals surface area contributed by atoms with E-state index in [2.05, 4.69) is 10.0 Å². The highest BCUT2D eigenvalue weighted by molar-refractivity contribution is 7.99. The van der Waals surface area contributed by atoms with Gasteiger partial charge >= 0.3 is 6.18 Å². The smallest absolute Gasteiger partial charge is 0.325 e. The number of sulfonamides is 1. The molecule has 35 heavy (non-hydrogen) atoms. The predicted molar refractivity (Wildman–Crippen MR) is 135 cm³/mol. The summed E-state index contributed by atoms with van der Waals surface area (Å²) < 4.78 is 66.3. The Morgan fingerprint density at radius 3 is 2.09 bits per heavy atom. The molecule has 0 bridgehead atoms. The second kappa shape index (κ2) is 11.3. The Hall–Kier alpha value is -2.11. The molecular weight excluding hydrogens is 568 g/mol. The van der Waals surface area contributed by atoms with Crippen LogP contribution in [0.25, 0.3) is 0 Å². The van der Waals surface area contributed by atoms with E-state index >= 15 is 0 Å². The van der Waals surface area contributed by atoms with Crippen molar-refractivity contribution in [1.29, 1.82) is 0 Å². The summed E-state index contributed by atoms with van der Waals surface area (Å²) in [5.41, 5.74) is -0.392. The molecular formula is C22H16Cl3F3N2O3S2. The van der Waals surface area contributed by atoms with E-state index < -0.39 is 26.8 Å². The van der Waals surface area contributed by atoms with Gasteiger partial charge in [0.2, 0.25) is 5.91 Å². The first kappa shape index (κ1) is 27.5. The lowest BCUT2D eigenvalue weighted by Gasteiger charge is -2.13. The number of rotatable bonds is 8. The zero-order valence-electron chi connectivity index (χ0n) is 17.5. The predicted octanol–water partition coefficient (Wildman–Crippen LogP) is 7.34. The molecule has 0 aliphatic carbocycles. The van der Waals surface area contributed by atoms with E-state index in [4.69, 9.17) is 34.8 Å². The van der Waals surface area contributed by atoms with Gasteiger partial charge in [0.1, 0.15) is 0 Å². The van der Waals surface area contributed by atoms with Crippen molar-refractivity contribution < 1.29 is 26.4 Å². The van der Waals surface area contributed by atoms with Crippen LogP contribution >= 0.6 is 46.6 Å². The molecule has 0 aliphatic heterocycles. The van der Waals surface area contributed by atoms with E-state index in [0.29, 0.717) is 27.6 Å². The number of carbonyl (C=O) groups is 1. The van der Waals surface area contributed by atoms with Crippen molar-refractivity contribution in [2.75, 3.05) is 15.8 Å². The van der Waals surface area contributed by atoms with E-state index in [1.807, 2.05) is 0 Å². The number of nitrogens with one attached hydrogen (secondary N) is 2. The van der Waals surface area contributed by atoms with Gasteiger partial charge in [-0.25, -0.2) is 8.42 Å². The Morgan fingerprint density at radius 2 is 1.49 bits per heavy atom. The Kier molecular flexibility index (Phi) is 8.87. The number of anilines is 2. The minimum absolute atomic E-state index is 0.0985. The van der Waals surface area contributed by atoms with Gasteiger partial charge in [-0.15, -0.1) is 11.8 Å². The lowest BCUT2D eigenvalue weighted by Crippen LogP contribution is -2.16. The van der Waals surface area contributed by atoms with Crippen LogP contribution in [0.4, 0.5) is 24.5 Å². The molecule has 0 spiro atoms. The Bertz CT molecular complexity index is 1320. The molecule has 3 aromatic carbocycles. The first-order valence-electron chi connectivity index (χ1n) is 9.67. The summed E-state index contributed by atoms with van der Waals surface area (Å²) in [6.45, 7) is 0. The summed E-state index contributed by atoms with van der Waals surface area (Å²) in [5.74, 6) is 0.198. The number of amides is 1. The van der Waals surface area contributed by atoms with Crippen molar-refractivity contribution in [3.63, 3.8) is 0 Å². The fourth-order valence-electron chi connectivity index (χ4n) is 2.85. The second-order valence-corrected chi connectivity index (χ2v) is 11.0. The maximum atomic E-state index is 13.0. The van der Waals surface area contributed by atoms with Crippen LogP contribution in [0.3, 0.4) is 0 Å². The summed E-state index contributed by atoms with van der Waals surface area (Å²) in [5, 5.41) is 3.10. The molecule has 186 valence electrons. The fourth-order valence-corrected chi connectivity index (χ4v) is 5.69. The number of benzene rings is 3. The third kappa shape index (κ3) is 7.44. The number of halogens is 6. The fraction of sp³-hybridized carbons (Fsp3) is 0.136. The zero-order valence-corrected chi connectivity index (χ0v) is 21.4. The molecule has 2 N–H and O–H groups in total. The van der Waals surface area contributed by atoms with Gasteiger partial charge in [0.15, 0.2) is 0 Å². The summed E-state index contributed by atoms with van der Waals surface area (Å²) in [7, 11) is -4.19. The first-order valence-corrected chi connectivity index (χ1v) is 13.4. The molecule has 0 saturated heterocycles. The number of alkyl halides is 3. The van der Waals surface area contributed by atoms with Crippen LogP contribution in [0.5, 0.6) is 0 Å². The van der Waals surface area contributed by atoms with E-state index in [1.54, 1.807) is 18.2 Å². The largest absolute Gasteiger partial charge is 0.417 e.